The summed E-state index contributed by atoms with van der Waals surface area (Å²) in [5.41, 5.74) is 0.365. The molecule has 0 bridgehead atoms. The van der Waals surface area contributed by atoms with E-state index in [1.165, 1.54) is 36.4 Å². The first kappa shape index (κ1) is 19.2. The molecule has 1 aliphatic rings. The number of non-ortho nitro benzene ring substituents is 1. The van der Waals surface area contributed by atoms with E-state index in [0.717, 1.165) is 17.0 Å². The van der Waals surface area contributed by atoms with Crippen molar-refractivity contribution in [2.75, 3.05) is 11.5 Å². The van der Waals surface area contributed by atoms with Gasteiger partial charge in [-0.3, -0.25) is 29.4 Å². The predicted octanol–water partition coefficient (Wildman–Crippen LogP) is 2.57. The molecule has 0 saturated carbocycles. The van der Waals surface area contributed by atoms with Crippen molar-refractivity contribution in [1.82, 2.24) is 0 Å². The zero-order valence-corrected chi connectivity index (χ0v) is 14.7. The van der Waals surface area contributed by atoms with Crippen LogP contribution in [-0.4, -0.2) is 29.2 Å². The largest absolute Gasteiger partial charge is 0.465 e. The van der Waals surface area contributed by atoms with Gasteiger partial charge in [-0.25, -0.2) is 4.39 Å². The van der Waals surface area contributed by atoms with Gasteiger partial charge in [0.15, 0.2) is 0 Å². The second-order valence-corrected chi connectivity index (χ2v) is 6.04. The number of amides is 1. The summed E-state index contributed by atoms with van der Waals surface area (Å²) in [4.78, 5) is 48.9. The van der Waals surface area contributed by atoms with Gasteiger partial charge in [-0.05, 0) is 36.8 Å². The number of carbonyl (C=O) groups is 3. The Kier molecular flexibility index (Phi) is 5.16. The van der Waals surface area contributed by atoms with Crippen molar-refractivity contribution in [3.63, 3.8) is 0 Å². The molecular formula is C19H15FN2O6. The monoisotopic (exact) mass is 386 g/mol. The van der Waals surface area contributed by atoms with Crippen LogP contribution in [0.1, 0.15) is 18.5 Å². The standard InChI is InChI=1S/C19H15FN2O6/c1-2-28-19(25)15-16(11-3-5-12(20)6-4-11)21(18(24)17(15)23)13-7-9-14(10-8-13)22(26)27/h3-10,15-16H,2H2,1H3/t15-,16-/m1/s1. The van der Waals surface area contributed by atoms with Gasteiger partial charge in [0.25, 0.3) is 11.6 Å². The van der Waals surface area contributed by atoms with Crippen molar-refractivity contribution >= 4 is 29.0 Å². The van der Waals surface area contributed by atoms with Crippen molar-refractivity contribution < 1.29 is 28.4 Å². The number of nitro groups is 1. The van der Waals surface area contributed by atoms with E-state index in [0.29, 0.717) is 5.56 Å². The van der Waals surface area contributed by atoms with Crippen LogP contribution < -0.4 is 4.90 Å². The van der Waals surface area contributed by atoms with Gasteiger partial charge >= 0.3 is 5.97 Å². The fourth-order valence-corrected chi connectivity index (χ4v) is 3.15. The third kappa shape index (κ3) is 3.34. The van der Waals surface area contributed by atoms with E-state index in [9.17, 15) is 28.9 Å². The lowest BCUT2D eigenvalue weighted by Gasteiger charge is -2.26. The van der Waals surface area contributed by atoms with Gasteiger partial charge in [-0.1, -0.05) is 12.1 Å². The summed E-state index contributed by atoms with van der Waals surface area (Å²) in [6.07, 6.45) is 0. The highest BCUT2D eigenvalue weighted by Crippen LogP contribution is 2.40. The maximum Gasteiger partial charge on any atom is 0.319 e. The number of esters is 1. The molecule has 28 heavy (non-hydrogen) atoms. The Morgan fingerprint density at radius 1 is 1.14 bits per heavy atom. The van der Waals surface area contributed by atoms with Crippen LogP contribution in [0.2, 0.25) is 0 Å². The lowest BCUT2D eigenvalue weighted by atomic mass is 9.92. The number of hydrogen-bond donors (Lipinski definition) is 0. The van der Waals surface area contributed by atoms with Gasteiger partial charge in [0.1, 0.15) is 11.7 Å². The number of anilines is 1. The molecule has 0 radical (unpaired) electrons. The molecule has 2 aromatic rings. The first-order chi connectivity index (χ1) is 13.3. The third-order valence-corrected chi connectivity index (χ3v) is 4.40. The van der Waals surface area contributed by atoms with Gasteiger partial charge in [-0.15, -0.1) is 0 Å². The van der Waals surface area contributed by atoms with Gasteiger partial charge in [0.05, 0.1) is 17.6 Å². The van der Waals surface area contributed by atoms with E-state index in [-0.39, 0.29) is 18.0 Å². The summed E-state index contributed by atoms with van der Waals surface area (Å²) >= 11 is 0. The maximum atomic E-state index is 13.3. The summed E-state index contributed by atoms with van der Waals surface area (Å²) in [6, 6.07) is 8.99. The van der Waals surface area contributed by atoms with Gasteiger partial charge in [0.2, 0.25) is 5.78 Å². The zero-order valence-electron chi connectivity index (χ0n) is 14.7. The van der Waals surface area contributed by atoms with E-state index < -0.39 is 40.4 Å². The van der Waals surface area contributed by atoms with Crippen LogP contribution >= 0.6 is 0 Å². The zero-order chi connectivity index (χ0) is 20.4. The number of nitrogens with zero attached hydrogens (tertiary/aromatic N) is 2. The fourth-order valence-electron chi connectivity index (χ4n) is 3.15. The van der Waals surface area contributed by atoms with Crippen LogP contribution in [0.25, 0.3) is 0 Å². The van der Waals surface area contributed by atoms with Crippen LogP contribution in [0.5, 0.6) is 0 Å². The number of nitro benzene ring substituents is 1. The summed E-state index contributed by atoms with van der Waals surface area (Å²) in [6.45, 7) is 1.59. The molecule has 1 fully saturated rings. The van der Waals surface area contributed by atoms with Crippen molar-refractivity contribution in [1.29, 1.82) is 0 Å². The molecule has 0 aromatic heterocycles. The van der Waals surface area contributed by atoms with Crippen LogP contribution in [0.3, 0.4) is 0 Å². The molecule has 8 nitrogen and oxygen atoms in total. The summed E-state index contributed by atoms with van der Waals surface area (Å²) in [5, 5.41) is 10.9. The predicted molar refractivity (Wildman–Crippen MR) is 94.9 cm³/mol. The van der Waals surface area contributed by atoms with Crippen LogP contribution in [0.15, 0.2) is 48.5 Å². The molecule has 0 aliphatic carbocycles. The number of benzene rings is 2. The summed E-state index contributed by atoms with van der Waals surface area (Å²) in [7, 11) is 0. The number of carbonyl (C=O) groups excluding carboxylic acids is 3. The highest BCUT2D eigenvalue weighted by Gasteiger charge is 2.53. The van der Waals surface area contributed by atoms with Crippen LogP contribution in [0.4, 0.5) is 15.8 Å². The maximum absolute atomic E-state index is 13.3. The van der Waals surface area contributed by atoms with E-state index in [1.54, 1.807) is 6.92 Å². The Morgan fingerprint density at radius 3 is 2.29 bits per heavy atom. The van der Waals surface area contributed by atoms with E-state index in [1.807, 2.05) is 0 Å². The topological polar surface area (TPSA) is 107 Å². The fraction of sp³-hybridized carbons (Fsp3) is 0.211. The minimum atomic E-state index is -1.42. The summed E-state index contributed by atoms with van der Waals surface area (Å²) < 4.78 is 18.3. The first-order valence-corrected chi connectivity index (χ1v) is 8.39. The minimum absolute atomic E-state index is 0.0183. The number of ketones is 1. The van der Waals surface area contributed by atoms with Crippen LogP contribution in [-0.2, 0) is 19.1 Å². The van der Waals surface area contributed by atoms with E-state index in [2.05, 4.69) is 0 Å². The molecular weight excluding hydrogens is 371 g/mol. The van der Waals surface area contributed by atoms with E-state index in [4.69, 9.17) is 4.74 Å². The van der Waals surface area contributed by atoms with E-state index >= 15 is 0 Å². The SMILES string of the molecule is CCOC(=O)[C@H]1C(=O)C(=O)N(c2ccc([N+](=O)[O-])cc2)[C@@H]1c1ccc(F)cc1. The molecule has 3 rings (SSSR count). The van der Waals surface area contributed by atoms with Crippen molar-refractivity contribution in [3.8, 4) is 0 Å². The third-order valence-electron chi connectivity index (χ3n) is 4.40. The molecule has 2 atom stereocenters. The smallest absolute Gasteiger partial charge is 0.319 e. The second kappa shape index (κ2) is 7.55. The Bertz CT molecular complexity index is 942. The Hall–Kier alpha value is -3.62. The Balaban J connectivity index is 2.10. The van der Waals surface area contributed by atoms with Gasteiger partial charge in [0, 0.05) is 17.8 Å². The lowest BCUT2D eigenvalue weighted by Crippen LogP contribution is -2.31. The highest BCUT2D eigenvalue weighted by molar-refractivity contribution is 6.47. The highest BCUT2D eigenvalue weighted by atomic mass is 19.1. The number of Topliss-reactive ketones (excluding diaryl/α,β-unsaturated/α-hetero) is 1. The molecule has 1 heterocycles. The van der Waals surface area contributed by atoms with Crippen molar-refractivity contribution in [2.45, 2.75) is 13.0 Å². The first-order valence-electron chi connectivity index (χ1n) is 8.39. The average molecular weight is 386 g/mol. The normalized spacial score (nSPS) is 19.0. The molecule has 2 aromatic carbocycles. The molecule has 1 saturated heterocycles. The number of ether oxygens (including phenoxy) is 1. The summed E-state index contributed by atoms with van der Waals surface area (Å²) in [5.74, 6) is -4.70. The van der Waals surface area contributed by atoms with Crippen molar-refractivity contribution in [3.05, 3.63) is 70.0 Å². The number of halogens is 1. The van der Waals surface area contributed by atoms with Crippen LogP contribution in [0, 0.1) is 21.8 Å². The molecule has 9 heteroatoms. The lowest BCUT2D eigenvalue weighted by molar-refractivity contribution is -0.384. The molecule has 1 aliphatic heterocycles. The second-order valence-electron chi connectivity index (χ2n) is 6.04. The Labute approximate surface area is 158 Å². The molecule has 144 valence electrons. The average Bonchev–Trinajstić information content (AvgIpc) is 2.94. The molecule has 1 amide bonds. The number of rotatable bonds is 5. The quantitative estimate of drug-likeness (QED) is 0.257. The van der Waals surface area contributed by atoms with Gasteiger partial charge < -0.3 is 4.74 Å². The Morgan fingerprint density at radius 2 is 1.75 bits per heavy atom. The van der Waals surface area contributed by atoms with Gasteiger partial charge in [-0.2, -0.15) is 0 Å². The molecule has 0 spiro atoms. The minimum Gasteiger partial charge on any atom is -0.465 e. The molecule has 0 N–H and O–H groups in total. The van der Waals surface area contributed by atoms with Crippen molar-refractivity contribution in [2.24, 2.45) is 5.92 Å². The molecule has 0 unspecified atom stereocenters. The number of hydrogen-bond acceptors (Lipinski definition) is 6.